The van der Waals surface area contributed by atoms with E-state index < -0.39 is 5.41 Å². The lowest BCUT2D eigenvalue weighted by Crippen LogP contribution is -2.28. The third-order valence-corrected chi connectivity index (χ3v) is 13.0. The zero-order valence-corrected chi connectivity index (χ0v) is 35.5. The minimum Gasteiger partial charge on any atom is -0.208 e. The second kappa shape index (κ2) is 16.0. The predicted molar refractivity (Wildman–Crippen MR) is 267 cm³/mol. The highest BCUT2D eigenvalue weighted by molar-refractivity contribution is 5.97. The van der Waals surface area contributed by atoms with Crippen LogP contribution in [-0.4, -0.2) is 15.0 Å². The summed E-state index contributed by atoms with van der Waals surface area (Å²) < 4.78 is 0. The smallest absolute Gasteiger partial charge is 0.164 e. The number of aromatic nitrogens is 3. The third kappa shape index (κ3) is 6.65. The summed E-state index contributed by atoms with van der Waals surface area (Å²) in [7, 11) is 0. The molecule has 304 valence electrons. The summed E-state index contributed by atoms with van der Waals surface area (Å²) in [5.74, 6) is 1.92. The molecule has 1 aliphatic carbocycles. The van der Waals surface area contributed by atoms with Gasteiger partial charge >= 0.3 is 0 Å². The van der Waals surface area contributed by atoms with Gasteiger partial charge in [0.25, 0.3) is 0 Å². The summed E-state index contributed by atoms with van der Waals surface area (Å²) in [6.45, 7) is 0. The number of rotatable bonds is 8. The third-order valence-electron chi connectivity index (χ3n) is 13.0. The van der Waals surface area contributed by atoms with Gasteiger partial charge in [0.1, 0.15) is 0 Å². The van der Waals surface area contributed by atoms with Crippen molar-refractivity contribution in [1.82, 2.24) is 15.0 Å². The maximum atomic E-state index is 5.06. The van der Waals surface area contributed by atoms with Crippen LogP contribution in [0.5, 0.6) is 0 Å². The van der Waals surface area contributed by atoms with Gasteiger partial charge in [0.05, 0.1) is 5.41 Å². The van der Waals surface area contributed by atoms with Gasteiger partial charge in [0, 0.05) is 16.7 Å². The summed E-state index contributed by atoms with van der Waals surface area (Å²) in [5.41, 5.74) is 16.8. The molecule has 0 aliphatic heterocycles. The molecule has 0 bridgehead atoms. The standard InChI is InChI=1S/C62H41N3/c1-5-20-43(21-6-1)59-63-60(44-22-7-2-8-23-44)65-61(64-59)50-28-18-26-47(39-50)46-25-17-27-48(38-46)55-41-58-56(40-54(55)49-36-35-42-19-13-14-24-45(42)37-49)53-33-15-16-34-57(53)62(58,51-29-9-3-10-30-51)52-31-11-4-12-32-52/h1-41H. The lowest BCUT2D eigenvalue weighted by molar-refractivity contribution is 0.769. The molecule has 1 aromatic heterocycles. The van der Waals surface area contributed by atoms with Crippen molar-refractivity contribution in [2.24, 2.45) is 0 Å². The fraction of sp³-hybridized carbons (Fsp3) is 0.0161. The van der Waals surface area contributed by atoms with E-state index in [4.69, 9.17) is 15.0 Å². The largest absolute Gasteiger partial charge is 0.208 e. The van der Waals surface area contributed by atoms with Crippen molar-refractivity contribution in [3.8, 4) is 78.7 Å². The Labute approximate surface area is 379 Å². The van der Waals surface area contributed by atoms with E-state index in [1.807, 2.05) is 60.7 Å². The van der Waals surface area contributed by atoms with Crippen molar-refractivity contribution in [2.45, 2.75) is 5.41 Å². The number of hydrogen-bond acceptors (Lipinski definition) is 3. The zero-order chi connectivity index (χ0) is 43.2. The van der Waals surface area contributed by atoms with Crippen molar-refractivity contribution in [1.29, 1.82) is 0 Å². The molecule has 11 aromatic rings. The van der Waals surface area contributed by atoms with E-state index in [1.54, 1.807) is 0 Å². The summed E-state index contributed by atoms with van der Waals surface area (Å²) in [6, 6.07) is 89.4. The number of benzene rings is 10. The van der Waals surface area contributed by atoms with Crippen LogP contribution in [0.15, 0.2) is 249 Å². The minimum atomic E-state index is -0.529. The van der Waals surface area contributed by atoms with Gasteiger partial charge in [0.2, 0.25) is 0 Å². The van der Waals surface area contributed by atoms with Gasteiger partial charge in [-0.05, 0) is 108 Å². The van der Waals surface area contributed by atoms with Crippen LogP contribution in [0.3, 0.4) is 0 Å². The summed E-state index contributed by atoms with van der Waals surface area (Å²) in [5, 5.41) is 2.44. The Morgan fingerprint density at radius 2 is 0.677 bits per heavy atom. The Morgan fingerprint density at radius 1 is 0.231 bits per heavy atom. The molecule has 10 aromatic carbocycles. The second-order valence-electron chi connectivity index (χ2n) is 16.7. The van der Waals surface area contributed by atoms with Gasteiger partial charge in [-0.3, -0.25) is 0 Å². The zero-order valence-electron chi connectivity index (χ0n) is 35.5. The predicted octanol–water partition coefficient (Wildman–Crippen LogP) is 15.4. The van der Waals surface area contributed by atoms with E-state index in [9.17, 15) is 0 Å². The molecule has 3 heteroatoms. The second-order valence-corrected chi connectivity index (χ2v) is 16.7. The molecular weight excluding hydrogens is 787 g/mol. The van der Waals surface area contributed by atoms with Crippen molar-refractivity contribution in [3.05, 3.63) is 271 Å². The molecule has 3 nitrogen and oxygen atoms in total. The number of nitrogens with zero attached hydrogens (tertiary/aromatic N) is 3. The fourth-order valence-corrected chi connectivity index (χ4v) is 9.96. The van der Waals surface area contributed by atoms with Crippen LogP contribution in [0.2, 0.25) is 0 Å². The Morgan fingerprint density at radius 3 is 1.31 bits per heavy atom. The summed E-state index contributed by atoms with van der Waals surface area (Å²) >= 11 is 0. The molecule has 1 heterocycles. The van der Waals surface area contributed by atoms with Gasteiger partial charge in [-0.2, -0.15) is 0 Å². The first-order chi connectivity index (χ1) is 32.2. The van der Waals surface area contributed by atoms with Crippen molar-refractivity contribution < 1.29 is 0 Å². The van der Waals surface area contributed by atoms with Crippen LogP contribution in [0.4, 0.5) is 0 Å². The molecule has 0 atom stereocenters. The lowest BCUT2D eigenvalue weighted by atomic mass is 9.67. The number of fused-ring (bicyclic) bond motifs is 4. The Kier molecular flexibility index (Phi) is 9.39. The van der Waals surface area contributed by atoms with Crippen LogP contribution >= 0.6 is 0 Å². The quantitative estimate of drug-likeness (QED) is 0.153. The van der Waals surface area contributed by atoms with Crippen molar-refractivity contribution in [2.75, 3.05) is 0 Å². The van der Waals surface area contributed by atoms with Crippen LogP contribution < -0.4 is 0 Å². The molecule has 0 fully saturated rings. The van der Waals surface area contributed by atoms with E-state index in [-0.39, 0.29) is 0 Å². The molecule has 1 aliphatic rings. The maximum absolute atomic E-state index is 5.06. The van der Waals surface area contributed by atoms with Crippen LogP contribution in [0, 0.1) is 0 Å². The molecule has 12 rings (SSSR count). The van der Waals surface area contributed by atoms with Crippen LogP contribution in [0.25, 0.3) is 89.4 Å². The SMILES string of the molecule is c1ccc(-c2nc(-c3ccccc3)nc(-c3cccc(-c4cccc(-c5cc6c(cc5-c5ccc7ccccc7c5)-c5ccccc5C6(c5ccccc5)c5ccccc5)c4)c3)n2)cc1. The minimum absolute atomic E-state index is 0.529. The number of hydrogen-bond donors (Lipinski definition) is 0. The molecule has 0 saturated heterocycles. The summed E-state index contributed by atoms with van der Waals surface area (Å²) in [4.78, 5) is 15.1. The molecule has 0 unspecified atom stereocenters. The molecule has 0 amide bonds. The lowest BCUT2D eigenvalue weighted by Gasteiger charge is -2.34. The van der Waals surface area contributed by atoms with Crippen molar-refractivity contribution >= 4 is 10.8 Å². The Bertz CT molecular complexity index is 3430. The highest BCUT2D eigenvalue weighted by Crippen LogP contribution is 2.58. The Hall–Kier alpha value is -8.53. The highest BCUT2D eigenvalue weighted by Gasteiger charge is 2.46. The van der Waals surface area contributed by atoms with Gasteiger partial charge in [-0.25, -0.2) is 15.0 Å². The molecule has 0 radical (unpaired) electrons. The topological polar surface area (TPSA) is 38.7 Å². The molecule has 0 saturated carbocycles. The fourth-order valence-electron chi connectivity index (χ4n) is 9.96. The molecular formula is C62H41N3. The van der Waals surface area contributed by atoms with Gasteiger partial charge in [-0.15, -0.1) is 0 Å². The molecule has 0 spiro atoms. The van der Waals surface area contributed by atoms with E-state index in [1.165, 1.54) is 60.8 Å². The average Bonchev–Trinajstić information content (AvgIpc) is 3.69. The highest BCUT2D eigenvalue weighted by atomic mass is 15.0. The van der Waals surface area contributed by atoms with Crippen LogP contribution in [0.1, 0.15) is 22.3 Å². The van der Waals surface area contributed by atoms with Crippen LogP contribution in [-0.2, 0) is 5.41 Å². The van der Waals surface area contributed by atoms with E-state index in [2.05, 4.69) is 188 Å². The molecule has 0 N–H and O–H groups in total. The maximum Gasteiger partial charge on any atom is 0.164 e. The van der Waals surface area contributed by atoms with Gasteiger partial charge in [-0.1, -0.05) is 218 Å². The summed E-state index contributed by atoms with van der Waals surface area (Å²) in [6.07, 6.45) is 0. The first-order valence-electron chi connectivity index (χ1n) is 22.2. The average molecular weight is 828 g/mol. The normalized spacial score (nSPS) is 12.4. The Balaban J connectivity index is 1.06. The first kappa shape index (κ1) is 38.2. The molecule has 65 heavy (non-hydrogen) atoms. The van der Waals surface area contributed by atoms with Gasteiger partial charge in [0.15, 0.2) is 17.5 Å². The van der Waals surface area contributed by atoms with Crippen molar-refractivity contribution in [3.63, 3.8) is 0 Å². The monoisotopic (exact) mass is 827 g/mol. The van der Waals surface area contributed by atoms with E-state index >= 15 is 0 Å². The van der Waals surface area contributed by atoms with Gasteiger partial charge < -0.3 is 0 Å². The van der Waals surface area contributed by atoms with E-state index in [0.717, 1.165) is 33.4 Å². The first-order valence-corrected chi connectivity index (χ1v) is 22.2. The van der Waals surface area contributed by atoms with E-state index in [0.29, 0.717) is 17.5 Å².